The molecule has 1 saturated carbocycles. The van der Waals surface area contributed by atoms with Gasteiger partial charge >= 0.3 is 0 Å². The average molecular weight is 751 g/mol. The van der Waals surface area contributed by atoms with Crippen LogP contribution >= 0.6 is 0 Å². The number of carbonyl (C=O) groups is 1. The fraction of sp³-hybridized carbons (Fsp3) is 0.964. The smallest absolute Gasteiger partial charge is 0.294 e. The van der Waals surface area contributed by atoms with Gasteiger partial charge in [-0.1, -0.05) is 6.92 Å². The number of carbonyl (C=O) groups excluding carboxylic acids is 1. The Balaban J connectivity index is 1.59. The third-order valence-corrected chi connectivity index (χ3v) is 9.92. The first kappa shape index (κ1) is 42.3. The van der Waals surface area contributed by atoms with Crippen molar-refractivity contribution in [3.63, 3.8) is 0 Å². The van der Waals surface area contributed by atoms with Crippen molar-refractivity contribution in [3.8, 4) is 0 Å². The minimum Gasteiger partial charge on any atom is -0.394 e. The Hall–Kier alpha value is -1.43. The number of alkyl halides is 2. The van der Waals surface area contributed by atoms with Gasteiger partial charge in [0, 0.05) is 18.5 Å². The van der Waals surface area contributed by atoms with Crippen molar-refractivity contribution >= 4 is 5.91 Å². The maximum Gasteiger partial charge on any atom is 0.294 e. The monoisotopic (exact) mass is 750 g/mol. The molecule has 3 aliphatic heterocycles. The largest absolute Gasteiger partial charge is 0.394 e. The van der Waals surface area contributed by atoms with Crippen LogP contribution in [0.2, 0.25) is 0 Å². The maximum atomic E-state index is 14.0. The number of hydrogen-bond donors (Lipinski definition) is 14. The van der Waals surface area contributed by atoms with Gasteiger partial charge in [-0.25, -0.2) is 8.78 Å². The van der Waals surface area contributed by atoms with Crippen LogP contribution in [0.1, 0.15) is 13.3 Å². The molecule has 4 fully saturated rings. The van der Waals surface area contributed by atoms with Gasteiger partial charge in [0.25, 0.3) is 11.8 Å². The van der Waals surface area contributed by atoms with Crippen molar-refractivity contribution in [2.75, 3.05) is 26.3 Å². The summed E-state index contributed by atoms with van der Waals surface area (Å²) in [4.78, 5) is 12.6. The average Bonchev–Trinajstić information content (AvgIpc) is 3.40. The van der Waals surface area contributed by atoms with Gasteiger partial charge in [-0.15, -0.1) is 0 Å². The summed E-state index contributed by atoms with van der Waals surface area (Å²) in [5, 5.41) is 85.9. The summed E-state index contributed by atoms with van der Waals surface area (Å²) in [7, 11) is 0. The van der Waals surface area contributed by atoms with Gasteiger partial charge < -0.3 is 103 Å². The Kier molecular flexibility index (Phi) is 14.4. The summed E-state index contributed by atoms with van der Waals surface area (Å²) in [6.07, 6.45) is -24.0. The summed E-state index contributed by atoms with van der Waals surface area (Å²) in [5.74, 6) is -6.25. The molecule has 4 aliphatic rings. The molecule has 23 heteroatoms. The minimum absolute atomic E-state index is 0.243. The van der Waals surface area contributed by atoms with Crippen LogP contribution in [0.25, 0.3) is 0 Å². The molecule has 19 N–H and O–H groups in total. The van der Waals surface area contributed by atoms with E-state index in [1.165, 1.54) is 0 Å². The lowest BCUT2D eigenvalue weighted by Gasteiger charge is -2.48. The third kappa shape index (κ3) is 8.77. The first-order valence-corrected chi connectivity index (χ1v) is 16.5. The molecule has 3 saturated heterocycles. The lowest BCUT2D eigenvalue weighted by atomic mass is 9.83. The van der Waals surface area contributed by atoms with Gasteiger partial charge in [0.1, 0.15) is 54.9 Å². The molecular weight excluding hydrogens is 698 g/mol. The molecule has 20 atom stereocenters. The second-order valence-electron chi connectivity index (χ2n) is 13.4. The van der Waals surface area contributed by atoms with Gasteiger partial charge in [-0.2, -0.15) is 0 Å². The molecule has 1 amide bonds. The van der Waals surface area contributed by atoms with E-state index in [9.17, 15) is 54.4 Å². The van der Waals surface area contributed by atoms with Crippen molar-refractivity contribution in [2.45, 2.75) is 136 Å². The molecule has 21 nitrogen and oxygen atoms in total. The first-order valence-electron chi connectivity index (χ1n) is 16.5. The summed E-state index contributed by atoms with van der Waals surface area (Å²) >= 11 is 0. The van der Waals surface area contributed by atoms with Crippen molar-refractivity contribution in [1.82, 2.24) is 5.32 Å². The molecule has 0 spiro atoms. The second kappa shape index (κ2) is 17.4. The minimum atomic E-state index is -4.03. The molecule has 0 aromatic carbocycles. The summed E-state index contributed by atoms with van der Waals surface area (Å²) in [6.45, 7) is -1.34. The van der Waals surface area contributed by atoms with Gasteiger partial charge in [0.05, 0.1) is 50.1 Å². The third-order valence-electron chi connectivity index (χ3n) is 9.92. The highest BCUT2D eigenvalue weighted by molar-refractivity contribution is 5.82. The lowest BCUT2D eigenvalue weighted by molar-refractivity contribution is -0.305. The highest BCUT2D eigenvalue weighted by Gasteiger charge is 2.55. The number of amides is 1. The summed E-state index contributed by atoms with van der Waals surface area (Å²) in [5.41, 5.74) is 29.1. The van der Waals surface area contributed by atoms with E-state index < -0.39 is 154 Å². The highest BCUT2D eigenvalue weighted by Crippen LogP contribution is 2.35. The van der Waals surface area contributed by atoms with E-state index >= 15 is 0 Å². The topological polar surface area (TPSA) is 376 Å². The van der Waals surface area contributed by atoms with Crippen LogP contribution in [-0.2, 0) is 33.2 Å². The Morgan fingerprint density at radius 2 is 1.31 bits per heavy atom. The molecule has 3 heterocycles. The van der Waals surface area contributed by atoms with Gasteiger partial charge in [-0.05, 0) is 6.42 Å². The fourth-order valence-electron chi connectivity index (χ4n) is 6.60. The molecule has 0 aromatic heterocycles. The van der Waals surface area contributed by atoms with Gasteiger partial charge in [0.2, 0.25) is 0 Å². The van der Waals surface area contributed by atoms with Crippen LogP contribution < -0.4 is 34.0 Å². The molecule has 0 bridgehead atoms. The van der Waals surface area contributed by atoms with E-state index in [0.29, 0.717) is 0 Å². The van der Waals surface area contributed by atoms with Crippen molar-refractivity contribution in [3.05, 3.63) is 0 Å². The Bertz CT molecular complexity index is 1140. The highest BCUT2D eigenvalue weighted by atomic mass is 19.3. The van der Waals surface area contributed by atoms with Gasteiger partial charge in [0.15, 0.2) is 25.0 Å². The molecule has 0 radical (unpaired) electrons. The van der Waals surface area contributed by atoms with E-state index in [1.54, 1.807) is 6.92 Å². The Morgan fingerprint density at radius 1 is 0.784 bits per heavy atom. The summed E-state index contributed by atoms with van der Waals surface area (Å²) in [6, 6.07) is -5.28. The SMILES string of the molecule is C[C@H]1[C@H](O)[C@@H](N)[C@@H](O[C@H]2[C@H](O[C@@H]3O[C@H](CO)[C@@H](O[C@H]4O[C@@H](CN)[C@@H](O)[C@H](O)[C@H]4N)[C@H]3O)[C@@H](O)[C@H](NC(=O)[C@@H](O)C(F)(F)CN)C[C@@H]2N)O[C@@H]1CO. The van der Waals surface area contributed by atoms with E-state index in [0.717, 1.165) is 0 Å². The molecule has 1 aliphatic carbocycles. The number of nitrogens with two attached hydrogens (primary N) is 5. The second-order valence-corrected chi connectivity index (χ2v) is 13.4. The zero-order valence-corrected chi connectivity index (χ0v) is 27.7. The quantitative estimate of drug-likeness (QED) is 0.0831. The van der Waals surface area contributed by atoms with Crippen LogP contribution in [-0.4, -0.2) is 195 Å². The Morgan fingerprint density at radius 3 is 1.88 bits per heavy atom. The number of halogens is 2. The van der Waals surface area contributed by atoms with Crippen LogP contribution in [0.4, 0.5) is 8.78 Å². The summed E-state index contributed by atoms with van der Waals surface area (Å²) < 4.78 is 62.8. The first-order chi connectivity index (χ1) is 23.9. The van der Waals surface area contributed by atoms with Crippen LogP contribution in [0, 0.1) is 5.92 Å². The lowest BCUT2D eigenvalue weighted by Crippen LogP contribution is -2.68. The van der Waals surface area contributed by atoms with E-state index in [-0.39, 0.29) is 13.0 Å². The predicted molar refractivity (Wildman–Crippen MR) is 164 cm³/mol. The molecule has 4 rings (SSSR count). The van der Waals surface area contributed by atoms with Crippen molar-refractivity contribution < 1.29 is 82.8 Å². The van der Waals surface area contributed by atoms with E-state index in [2.05, 4.69) is 5.32 Å². The zero-order valence-electron chi connectivity index (χ0n) is 27.7. The number of ether oxygens (including phenoxy) is 6. The molecule has 0 unspecified atom stereocenters. The zero-order chi connectivity index (χ0) is 38.1. The standard InChI is InChI=1S/C28H52F2N6O15/c1-7-11(4-37)47-25(13(34)15(7)39)49-20-8(33)2-9(36-24(45)23(44)28(29,30)6-32)16(40)22(20)51-27-19(43)21(12(5-38)48-27)50-26-14(35)18(42)17(41)10(3-31)46-26/h7-23,25-27,37-44H,2-6,31-35H2,1H3,(H,36,45)/t7-,8+,9-,10+,11-,12-,13-,14-,15+,16+,17-,18-,19-,20-,21-,22-,23-,25-,26-,27+/m1/s1. The van der Waals surface area contributed by atoms with Gasteiger partial charge in [-0.3, -0.25) is 4.79 Å². The van der Waals surface area contributed by atoms with Crippen molar-refractivity contribution in [1.29, 1.82) is 0 Å². The fourth-order valence-corrected chi connectivity index (χ4v) is 6.60. The van der Waals surface area contributed by atoms with Crippen LogP contribution in [0.15, 0.2) is 0 Å². The molecule has 298 valence electrons. The van der Waals surface area contributed by atoms with Crippen LogP contribution in [0.3, 0.4) is 0 Å². The number of aliphatic hydroxyl groups is 8. The molecular formula is C28H52F2N6O15. The van der Waals surface area contributed by atoms with E-state index in [1.807, 2.05) is 0 Å². The van der Waals surface area contributed by atoms with Crippen LogP contribution in [0.5, 0.6) is 0 Å². The van der Waals surface area contributed by atoms with E-state index in [4.69, 9.17) is 57.1 Å². The predicted octanol–water partition coefficient (Wildman–Crippen LogP) is -8.47. The number of aliphatic hydroxyl groups excluding tert-OH is 8. The number of hydrogen-bond acceptors (Lipinski definition) is 20. The van der Waals surface area contributed by atoms with Crippen molar-refractivity contribution in [2.24, 2.45) is 34.6 Å². The number of nitrogens with one attached hydrogen (secondary N) is 1. The number of rotatable bonds is 13. The molecule has 51 heavy (non-hydrogen) atoms. The normalized spacial score (nSPS) is 47.3. The Labute approximate surface area is 290 Å². The maximum absolute atomic E-state index is 14.0. The molecule has 0 aromatic rings.